The highest BCUT2D eigenvalue weighted by Gasteiger charge is 2.22. The van der Waals surface area contributed by atoms with Gasteiger partial charge >= 0.3 is 0 Å². The van der Waals surface area contributed by atoms with Crippen LogP contribution in [0.2, 0.25) is 0 Å². The first-order valence-electron chi connectivity index (χ1n) is 12.4. The Bertz CT molecular complexity index is 251. The summed E-state index contributed by atoms with van der Waals surface area (Å²) in [5.41, 5.74) is 0. The van der Waals surface area contributed by atoms with Crippen molar-refractivity contribution in [3.05, 3.63) is 0 Å². The van der Waals surface area contributed by atoms with Crippen LogP contribution in [0.15, 0.2) is 0 Å². The van der Waals surface area contributed by atoms with Crippen molar-refractivity contribution in [2.45, 2.75) is 149 Å². The molecule has 0 aromatic carbocycles. The van der Waals surface area contributed by atoms with E-state index in [1.165, 1.54) is 116 Å². The number of rotatable bonds is 17. The third kappa shape index (κ3) is 12.9. The predicted octanol–water partition coefficient (Wildman–Crippen LogP) is 9.46. The fourth-order valence-electron chi connectivity index (χ4n) is 4.94. The van der Waals surface area contributed by atoms with Crippen molar-refractivity contribution in [1.82, 2.24) is 0 Å². The maximum Gasteiger partial charge on any atom is -0.0386 e. The zero-order valence-electron chi connectivity index (χ0n) is 18.0. The molecule has 0 radical (unpaired) electrons. The molecule has 1 unspecified atom stereocenters. The van der Waals surface area contributed by atoms with E-state index in [-0.39, 0.29) is 0 Å². The second-order valence-corrected chi connectivity index (χ2v) is 8.98. The molecule has 0 heteroatoms. The summed E-state index contributed by atoms with van der Waals surface area (Å²) in [6.07, 6.45) is 31.3. The molecule has 0 bridgehead atoms. The molecule has 1 saturated carbocycles. The fraction of sp³-hybridized carbons (Fsp3) is 1.00. The highest BCUT2D eigenvalue weighted by atomic mass is 14.3. The molecule has 25 heavy (non-hydrogen) atoms. The minimum Gasteiger partial charge on any atom is -0.0654 e. The first-order valence-corrected chi connectivity index (χ1v) is 12.4. The minimum absolute atomic E-state index is 1.07. The van der Waals surface area contributed by atoms with Crippen LogP contribution < -0.4 is 0 Å². The summed E-state index contributed by atoms with van der Waals surface area (Å²) < 4.78 is 0. The number of hydrogen-bond donors (Lipinski definition) is 0. The van der Waals surface area contributed by atoms with Gasteiger partial charge in [-0.2, -0.15) is 0 Å². The second-order valence-electron chi connectivity index (χ2n) is 8.98. The van der Waals surface area contributed by atoms with E-state index in [1.54, 1.807) is 19.3 Å². The van der Waals surface area contributed by atoms with Crippen LogP contribution in [0, 0.1) is 11.8 Å². The molecule has 0 spiro atoms. The molecule has 1 aliphatic rings. The van der Waals surface area contributed by atoms with E-state index in [0.717, 1.165) is 11.8 Å². The molecule has 1 aliphatic carbocycles. The van der Waals surface area contributed by atoms with Gasteiger partial charge in [0.05, 0.1) is 0 Å². The summed E-state index contributed by atoms with van der Waals surface area (Å²) in [7, 11) is 0. The van der Waals surface area contributed by atoms with Gasteiger partial charge in [0.1, 0.15) is 0 Å². The molecule has 0 N–H and O–H groups in total. The standard InChI is InChI=1S/C25H50/c1-3-5-7-8-9-10-11-12-13-14-15-17-21-24(20-6-4-2)25-22-18-16-19-23-25/h24-25H,3-23H2,1-2H3. The van der Waals surface area contributed by atoms with Crippen molar-refractivity contribution in [2.24, 2.45) is 11.8 Å². The van der Waals surface area contributed by atoms with E-state index >= 15 is 0 Å². The monoisotopic (exact) mass is 350 g/mol. The van der Waals surface area contributed by atoms with Gasteiger partial charge in [0.15, 0.2) is 0 Å². The molecule has 1 fully saturated rings. The van der Waals surface area contributed by atoms with E-state index in [0.29, 0.717) is 0 Å². The van der Waals surface area contributed by atoms with E-state index in [4.69, 9.17) is 0 Å². The van der Waals surface area contributed by atoms with Crippen LogP contribution in [0.25, 0.3) is 0 Å². The van der Waals surface area contributed by atoms with Gasteiger partial charge in [-0.05, 0) is 11.8 Å². The summed E-state index contributed by atoms with van der Waals surface area (Å²) in [6, 6.07) is 0. The topological polar surface area (TPSA) is 0 Å². The maximum atomic E-state index is 2.36. The van der Waals surface area contributed by atoms with Gasteiger partial charge < -0.3 is 0 Å². The molecular formula is C25H50. The molecule has 0 saturated heterocycles. The van der Waals surface area contributed by atoms with Gasteiger partial charge in [-0.15, -0.1) is 0 Å². The van der Waals surface area contributed by atoms with Crippen LogP contribution in [0.3, 0.4) is 0 Å². The molecule has 0 aromatic heterocycles. The lowest BCUT2D eigenvalue weighted by molar-refractivity contribution is 0.216. The van der Waals surface area contributed by atoms with E-state index in [1.807, 2.05) is 0 Å². The molecule has 1 atom stereocenters. The van der Waals surface area contributed by atoms with Crippen molar-refractivity contribution >= 4 is 0 Å². The van der Waals surface area contributed by atoms with Crippen LogP contribution in [-0.2, 0) is 0 Å². The summed E-state index contributed by atoms with van der Waals surface area (Å²) in [5.74, 6) is 2.16. The molecule has 0 nitrogen and oxygen atoms in total. The lowest BCUT2D eigenvalue weighted by Gasteiger charge is -2.30. The largest absolute Gasteiger partial charge is 0.0654 e. The predicted molar refractivity (Wildman–Crippen MR) is 115 cm³/mol. The zero-order chi connectivity index (χ0) is 18.0. The van der Waals surface area contributed by atoms with Crippen molar-refractivity contribution < 1.29 is 0 Å². The normalized spacial score (nSPS) is 17.0. The number of unbranched alkanes of at least 4 members (excludes halogenated alkanes) is 12. The second kappa shape index (κ2) is 17.4. The van der Waals surface area contributed by atoms with Crippen molar-refractivity contribution in [3.8, 4) is 0 Å². The first-order chi connectivity index (χ1) is 12.4. The quantitative estimate of drug-likeness (QED) is 0.229. The van der Waals surface area contributed by atoms with Gasteiger partial charge in [0.2, 0.25) is 0 Å². The smallest absolute Gasteiger partial charge is 0.0386 e. The van der Waals surface area contributed by atoms with Crippen LogP contribution in [0.4, 0.5) is 0 Å². The van der Waals surface area contributed by atoms with Gasteiger partial charge in [-0.3, -0.25) is 0 Å². The highest BCUT2D eigenvalue weighted by molar-refractivity contribution is 4.74. The molecule has 0 aliphatic heterocycles. The Morgan fingerprint density at radius 1 is 0.520 bits per heavy atom. The summed E-state index contributed by atoms with van der Waals surface area (Å²) >= 11 is 0. The Morgan fingerprint density at radius 2 is 0.960 bits per heavy atom. The Kier molecular flexibility index (Phi) is 16.1. The lowest BCUT2D eigenvalue weighted by Crippen LogP contribution is -2.18. The van der Waals surface area contributed by atoms with E-state index < -0.39 is 0 Å². The summed E-state index contributed by atoms with van der Waals surface area (Å²) in [4.78, 5) is 0. The van der Waals surface area contributed by atoms with E-state index in [2.05, 4.69) is 13.8 Å². The minimum atomic E-state index is 1.07. The first kappa shape index (κ1) is 23.0. The SMILES string of the molecule is CCCCCCCCCCCCCCC(CCCC)C1CCCCC1. The molecule has 1 rings (SSSR count). The van der Waals surface area contributed by atoms with Crippen molar-refractivity contribution in [1.29, 1.82) is 0 Å². The van der Waals surface area contributed by atoms with Gasteiger partial charge in [0.25, 0.3) is 0 Å². The van der Waals surface area contributed by atoms with Crippen LogP contribution in [0.5, 0.6) is 0 Å². The van der Waals surface area contributed by atoms with Gasteiger partial charge in [0, 0.05) is 0 Å². The molecule has 0 heterocycles. The molecule has 0 aromatic rings. The molecule has 0 amide bonds. The molecule has 150 valence electrons. The van der Waals surface area contributed by atoms with E-state index in [9.17, 15) is 0 Å². The Morgan fingerprint density at radius 3 is 1.48 bits per heavy atom. The van der Waals surface area contributed by atoms with Crippen molar-refractivity contribution in [2.75, 3.05) is 0 Å². The average Bonchev–Trinajstić information content (AvgIpc) is 2.65. The maximum absolute atomic E-state index is 2.36. The Hall–Kier alpha value is 0. The van der Waals surface area contributed by atoms with Crippen molar-refractivity contribution in [3.63, 3.8) is 0 Å². The lowest BCUT2D eigenvalue weighted by atomic mass is 9.75. The Labute approximate surface area is 160 Å². The third-order valence-electron chi connectivity index (χ3n) is 6.67. The highest BCUT2D eigenvalue weighted by Crippen LogP contribution is 2.35. The van der Waals surface area contributed by atoms with Crippen LogP contribution in [0.1, 0.15) is 149 Å². The van der Waals surface area contributed by atoms with Gasteiger partial charge in [-0.25, -0.2) is 0 Å². The number of hydrogen-bond acceptors (Lipinski definition) is 0. The average molecular weight is 351 g/mol. The Balaban J connectivity index is 1.94. The zero-order valence-corrected chi connectivity index (χ0v) is 18.0. The van der Waals surface area contributed by atoms with Gasteiger partial charge in [-0.1, -0.05) is 149 Å². The van der Waals surface area contributed by atoms with Crippen LogP contribution in [-0.4, -0.2) is 0 Å². The summed E-state index contributed by atoms with van der Waals surface area (Å²) in [5, 5.41) is 0. The molecular weight excluding hydrogens is 300 g/mol. The fourth-order valence-corrected chi connectivity index (χ4v) is 4.94. The summed E-state index contributed by atoms with van der Waals surface area (Å²) in [6.45, 7) is 4.67. The third-order valence-corrected chi connectivity index (χ3v) is 6.67. The van der Waals surface area contributed by atoms with Crippen LogP contribution >= 0.6 is 0 Å².